The van der Waals surface area contributed by atoms with Crippen LogP contribution in [0.5, 0.6) is 0 Å². The van der Waals surface area contributed by atoms with Gasteiger partial charge in [-0.1, -0.05) is 11.2 Å². The lowest BCUT2D eigenvalue weighted by Gasteiger charge is -2.08. The van der Waals surface area contributed by atoms with Crippen molar-refractivity contribution in [2.45, 2.75) is 19.1 Å². The molecular weight excluding hydrogens is 287 g/mol. The van der Waals surface area contributed by atoms with Crippen LogP contribution in [0.4, 0.5) is 18.9 Å². The van der Waals surface area contributed by atoms with Gasteiger partial charge in [0.1, 0.15) is 5.69 Å². The van der Waals surface area contributed by atoms with Gasteiger partial charge in [-0.05, 0) is 25.1 Å². The van der Waals surface area contributed by atoms with Crippen molar-refractivity contribution in [2.75, 3.05) is 5.32 Å². The van der Waals surface area contributed by atoms with Gasteiger partial charge in [0.15, 0.2) is 0 Å². The summed E-state index contributed by atoms with van der Waals surface area (Å²) < 4.78 is 42.5. The van der Waals surface area contributed by atoms with E-state index in [0.29, 0.717) is 5.69 Å². The third-order valence-electron chi connectivity index (χ3n) is 2.67. The molecule has 0 aliphatic carbocycles. The minimum atomic E-state index is -4.48. The number of benzene rings is 1. The van der Waals surface area contributed by atoms with Gasteiger partial charge in [-0.3, -0.25) is 4.79 Å². The van der Waals surface area contributed by atoms with Crippen LogP contribution < -0.4 is 11.1 Å². The molecule has 2 rings (SSSR count). The standard InChI is InChI=1S/C13H12F3N3O2/c1-7(17)10-6-11(21-19-10)12(20)18-9-4-2-3-8(5-9)13(14,15)16/h2-7H,17H2,1H3,(H,18,20). The summed E-state index contributed by atoms with van der Waals surface area (Å²) in [6, 6.07) is 5.22. The number of nitrogens with zero attached hydrogens (tertiary/aromatic N) is 1. The normalized spacial score (nSPS) is 13.0. The van der Waals surface area contributed by atoms with Crippen molar-refractivity contribution in [1.82, 2.24) is 5.16 Å². The monoisotopic (exact) mass is 299 g/mol. The lowest BCUT2D eigenvalue weighted by molar-refractivity contribution is -0.137. The van der Waals surface area contributed by atoms with Crippen LogP contribution in [0.25, 0.3) is 0 Å². The second-order valence-corrected chi connectivity index (χ2v) is 4.44. The minimum Gasteiger partial charge on any atom is -0.351 e. The third-order valence-corrected chi connectivity index (χ3v) is 2.67. The summed E-state index contributed by atoms with van der Waals surface area (Å²) in [6.45, 7) is 1.66. The van der Waals surface area contributed by atoms with E-state index in [1.54, 1.807) is 6.92 Å². The topological polar surface area (TPSA) is 81.2 Å². The molecule has 0 saturated heterocycles. The molecule has 2 aromatic rings. The van der Waals surface area contributed by atoms with Gasteiger partial charge in [0.2, 0.25) is 5.76 Å². The summed E-state index contributed by atoms with van der Waals surface area (Å²) in [6.07, 6.45) is -4.48. The fourth-order valence-electron chi connectivity index (χ4n) is 1.58. The number of hydrogen-bond donors (Lipinski definition) is 2. The molecule has 8 heteroatoms. The van der Waals surface area contributed by atoms with Gasteiger partial charge in [-0.15, -0.1) is 0 Å². The first-order valence-electron chi connectivity index (χ1n) is 5.98. The van der Waals surface area contributed by atoms with E-state index >= 15 is 0 Å². The van der Waals surface area contributed by atoms with Gasteiger partial charge in [0, 0.05) is 17.8 Å². The first-order chi connectivity index (χ1) is 9.77. The van der Waals surface area contributed by atoms with Crippen molar-refractivity contribution in [3.63, 3.8) is 0 Å². The average Bonchev–Trinajstić information content (AvgIpc) is 2.88. The van der Waals surface area contributed by atoms with Crippen molar-refractivity contribution in [2.24, 2.45) is 5.73 Å². The molecule has 1 atom stereocenters. The number of hydrogen-bond acceptors (Lipinski definition) is 4. The zero-order valence-corrected chi connectivity index (χ0v) is 10.9. The van der Waals surface area contributed by atoms with Crippen LogP contribution in [0.3, 0.4) is 0 Å². The lowest BCUT2D eigenvalue weighted by atomic mass is 10.2. The Hall–Kier alpha value is -2.35. The van der Waals surface area contributed by atoms with E-state index in [4.69, 9.17) is 10.3 Å². The molecule has 1 amide bonds. The van der Waals surface area contributed by atoms with E-state index < -0.39 is 23.7 Å². The second-order valence-electron chi connectivity index (χ2n) is 4.44. The number of nitrogens with two attached hydrogens (primary N) is 1. The highest BCUT2D eigenvalue weighted by atomic mass is 19.4. The zero-order chi connectivity index (χ0) is 15.6. The molecule has 0 spiro atoms. The predicted molar refractivity (Wildman–Crippen MR) is 68.5 cm³/mol. The molecule has 0 bridgehead atoms. The SMILES string of the molecule is CC(N)c1cc(C(=O)Nc2cccc(C(F)(F)F)c2)on1. The molecule has 21 heavy (non-hydrogen) atoms. The van der Waals surface area contributed by atoms with Gasteiger partial charge < -0.3 is 15.6 Å². The van der Waals surface area contributed by atoms with Crippen LogP contribution in [0, 0.1) is 0 Å². The van der Waals surface area contributed by atoms with Crippen LogP contribution in [-0.4, -0.2) is 11.1 Å². The van der Waals surface area contributed by atoms with E-state index in [1.807, 2.05) is 0 Å². The Balaban J connectivity index is 2.15. The summed E-state index contributed by atoms with van der Waals surface area (Å²) in [5.41, 5.74) is 5.10. The first kappa shape index (κ1) is 15.0. The molecule has 1 aromatic heterocycles. The van der Waals surface area contributed by atoms with E-state index in [0.717, 1.165) is 12.1 Å². The number of carbonyl (C=O) groups excluding carboxylic acids is 1. The fourth-order valence-corrected chi connectivity index (χ4v) is 1.58. The van der Waals surface area contributed by atoms with Crippen LogP contribution in [0.15, 0.2) is 34.9 Å². The number of aromatic nitrogens is 1. The first-order valence-corrected chi connectivity index (χ1v) is 5.98. The molecule has 1 aromatic carbocycles. The maximum absolute atomic E-state index is 12.6. The van der Waals surface area contributed by atoms with Crippen molar-refractivity contribution >= 4 is 11.6 Å². The molecule has 0 radical (unpaired) electrons. The summed E-state index contributed by atoms with van der Waals surface area (Å²) in [5.74, 6) is -0.826. The highest BCUT2D eigenvalue weighted by Gasteiger charge is 2.30. The van der Waals surface area contributed by atoms with Crippen LogP contribution >= 0.6 is 0 Å². The number of amides is 1. The van der Waals surface area contributed by atoms with Crippen LogP contribution in [-0.2, 0) is 6.18 Å². The highest BCUT2D eigenvalue weighted by Crippen LogP contribution is 2.30. The Kier molecular flexibility index (Phi) is 3.99. The molecule has 0 aliphatic rings. The number of halogens is 3. The van der Waals surface area contributed by atoms with Crippen molar-refractivity contribution in [3.05, 3.63) is 47.3 Å². The van der Waals surface area contributed by atoms with Gasteiger partial charge in [0.05, 0.1) is 5.56 Å². The number of rotatable bonds is 3. The number of carbonyl (C=O) groups is 1. The van der Waals surface area contributed by atoms with E-state index in [1.165, 1.54) is 18.2 Å². The molecule has 0 aliphatic heterocycles. The number of nitrogens with one attached hydrogen (secondary N) is 1. The zero-order valence-electron chi connectivity index (χ0n) is 10.9. The lowest BCUT2D eigenvalue weighted by Crippen LogP contribution is -2.12. The Labute approximate surface area is 117 Å². The quantitative estimate of drug-likeness (QED) is 0.913. The van der Waals surface area contributed by atoms with Crippen molar-refractivity contribution < 1.29 is 22.5 Å². The average molecular weight is 299 g/mol. The summed E-state index contributed by atoms with van der Waals surface area (Å²) in [7, 11) is 0. The fraction of sp³-hybridized carbons (Fsp3) is 0.231. The predicted octanol–water partition coefficient (Wildman–Crippen LogP) is 2.97. The minimum absolute atomic E-state index is 0.00794. The number of alkyl halides is 3. The smallest absolute Gasteiger partial charge is 0.351 e. The van der Waals surface area contributed by atoms with Gasteiger partial charge in [-0.25, -0.2) is 0 Å². The van der Waals surface area contributed by atoms with Gasteiger partial charge in [-0.2, -0.15) is 13.2 Å². The summed E-state index contributed by atoms with van der Waals surface area (Å²) in [5, 5.41) is 5.90. The Morgan fingerprint density at radius 1 is 1.38 bits per heavy atom. The Bertz CT molecular complexity index is 650. The molecule has 112 valence electrons. The van der Waals surface area contributed by atoms with Gasteiger partial charge >= 0.3 is 6.18 Å². The van der Waals surface area contributed by atoms with Crippen molar-refractivity contribution in [3.8, 4) is 0 Å². The number of anilines is 1. The van der Waals surface area contributed by atoms with Crippen molar-refractivity contribution in [1.29, 1.82) is 0 Å². The molecular formula is C13H12F3N3O2. The molecule has 5 nitrogen and oxygen atoms in total. The van der Waals surface area contributed by atoms with Gasteiger partial charge in [0.25, 0.3) is 5.91 Å². The summed E-state index contributed by atoms with van der Waals surface area (Å²) in [4.78, 5) is 11.8. The molecule has 1 heterocycles. The molecule has 1 unspecified atom stereocenters. The van der Waals surface area contributed by atoms with E-state index in [9.17, 15) is 18.0 Å². The molecule has 0 fully saturated rings. The highest BCUT2D eigenvalue weighted by molar-refractivity contribution is 6.02. The third kappa shape index (κ3) is 3.60. The largest absolute Gasteiger partial charge is 0.416 e. The van der Waals surface area contributed by atoms with Crippen LogP contribution in [0.2, 0.25) is 0 Å². The second kappa shape index (κ2) is 5.57. The summed E-state index contributed by atoms with van der Waals surface area (Å²) >= 11 is 0. The molecule has 3 N–H and O–H groups in total. The maximum atomic E-state index is 12.6. The maximum Gasteiger partial charge on any atom is 0.416 e. The Morgan fingerprint density at radius 2 is 2.10 bits per heavy atom. The van der Waals surface area contributed by atoms with Crippen LogP contribution in [0.1, 0.15) is 34.8 Å². The van der Waals surface area contributed by atoms with E-state index in [-0.39, 0.29) is 11.4 Å². The molecule has 0 saturated carbocycles. The Morgan fingerprint density at radius 3 is 2.67 bits per heavy atom. The van der Waals surface area contributed by atoms with E-state index in [2.05, 4.69) is 10.5 Å².